The van der Waals surface area contributed by atoms with E-state index in [0.717, 1.165) is 11.3 Å². The number of nitrogens with zero attached hydrogens (tertiary/aromatic N) is 2. The molecule has 2 heterocycles. The molecule has 0 aliphatic carbocycles. The van der Waals surface area contributed by atoms with Crippen LogP contribution in [0.25, 0.3) is 5.65 Å². The van der Waals surface area contributed by atoms with E-state index in [1.165, 1.54) is 0 Å². The van der Waals surface area contributed by atoms with Gasteiger partial charge in [0.1, 0.15) is 0 Å². The number of H-pyrrole nitrogens is 1. The summed E-state index contributed by atoms with van der Waals surface area (Å²) in [6.07, 6.45) is 1.67. The van der Waals surface area contributed by atoms with Gasteiger partial charge in [0.05, 0.1) is 5.56 Å². The summed E-state index contributed by atoms with van der Waals surface area (Å²) < 4.78 is 2.13. The summed E-state index contributed by atoms with van der Waals surface area (Å²) >= 11 is 5.09. The Morgan fingerprint density at radius 3 is 3.00 bits per heavy atom. The summed E-state index contributed by atoms with van der Waals surface area (Å²) in [5.74, 6) is -0.180. The smallest absolute Gasteiger partial charge is 0.257 e. The van der Waals surface area contributed by atoms with Crippen molar-refractivity contribution in [3.8, 4) is 0 Å². The molecule has 0 fully saturated rings. The van der Waals surface area contributed by atoms with E-state index in [1.807, 2.05) is 31.2 Å². The van der Waals surface area contributed by atoms with Gasteiger partial charge in [0.15, 0.2) is 10.4 Å². The van der Waals surface area contributed by atoms with Crippen molar-refractivity contribution < 1.29 is 4.79 Å². The summed E-state index contributed by atoms with van der Waals surface area (Å²) in [7, 11) is 0. The molecule has 0 aliphatic heterocycles. The van der Waals surface area contributed by atoms with Crippen LogP contribution >= 0.6 is 12.2 Å². The van der Waals surface area contributed by atoms with Gasteiger partial charge < -0.3 is 5.32 Å². The molecule has 5 nitrogen and oxygen atoms in total. The van der Waals surface area contributed by atoms with Gasteiger partial charge in [-0.3, -0.25) is 14.3 Å². The van der Waals surface area contributed by atoms with E-state index in [4.69, 9.17) is 12.2 Å². The molecule has 2 aromatic heterocycles. The largest absolute Gasteiger partial charge is 0.322 e. The Morgan fingerprint density at radius 1 is 1.35 bits per heavy atom. The number of aromatic nitrogens is 3. The third-order valence-corrected chi connectivity index (χ3v) is 3.24. The van der Waals surface area contributed by atoms with Crippen molar-refractivity contribution in [2.45, 2.75) is 6.92 Å². The lowest BCUT2D eigenvalue weighted by molar-refractivity contribution is 0.102. The highest BCUT2D eigenvalue weighted by Gasteiger charge is 2.08. The zero-order valence-electron chi connectivity index (χ0n) is 10.8. The van der Waals surface area contributed by atoms with Gasteiger partial charge in [-0.25, -0.2) is 0 Å². The number of carbonyl (C=O) groups excluding carboxylic acids is 1. The highest BCUT2D eigenvalue weighted by molar-refractivity contribution is 7.71. The fraction of sp³-hybridized carbons (Fsp3) is 0.0714. The van der Waals surface area contributed by atoms with Crippen LogP contribution in [0.4, 0.5) is 5.69 Å². The van der Waals surface area contributed by atoms with E-state index in [-0.39, 0.29) is 5.91 Å². The fourth-order valence-electron chi connectivity index (χ4n) is 1.97. The topological polar surface area (TPSA) is 62.2 Å². The van der Waals surface area contributed by atoms with Gasteiger partial charge in [-0.15, -0.1) is 0 Å². The Morgan fingerprint density at radius 2 is 2.20 bits per heavy atom. The van der Waals surface area contributed by atoms with Crippen molar-refractivity contribution in [3.05, 3.63) is 58.5 Å². The average molecular weight is 284 g/mol. The van der Waals surface area contributed by atoms with Crippen LogP contribution in [0.2, 0.25) is 0 Å². The minimum Gasteiger partial charge on any atom is -0.322 e. The van der Waals surface area contributed by atoms with Crippen LogP contribution in [-0.2, 0) is 0 Å². The number of hydrogen-bond acceptors (Lipinski definition) is 3. The highest BCUT2D eigenvalue weighted by atomic mass is 32.1. The second-order valence-electron chi connectivity index (χ2n) is 4.50. The van der Waals surface area contributed by atoms with Gasteiger partial charge in [-0.2, -0.15) is 5.10 Å². The maximum Gasteiger partial charge on any atom is 0.257 e. The normalized spacial score (nSPS) is 10.7. The van der Waals surface area contributed by atoms with E-state index >= 15 is 0 Å². The molecule has 1 amide bonds. The number of aromatic amines is 1. The molecule has 0 saturated carbocycles. The van der Waals surface area contributed by atoms with Gasteiger partial charge in [0.2, 0.25) is 0 Å². The number of rotatable bonds is 2. The molecule has 0 aliphatic rings. The maximum absolute atomic E-state index is 12.2. The van der Waals surface area contributed by atoms with Crippen molar-refractivity contribution >= 4 is 29.5 Å². The third kappa shape index (κ3) is 2.33. The van der Waals surface area contributed by atoms with E-state index in [1.54, 1.807) is 22.7 Å². The Hall–Kier alpha value is -2.47. The SMILES string of the molecule is Cc1cccc(NC(=O)c2ccc3n[nH]c(=S)n3c2)c1. The minimum atomic E-state index is -0.180. The standard InChI is InChI=1S/C14H12N4OS/c1-9-3-2-4-11(7-9)15-13(19)10-5-6-12-16-17-14(20)18(12)8-10/h2-8H,1H3,(H,15,19)(H,17,20). The van der Waals surface area contributed by atoms with E-state index in [0.29, 0.717) is 16.0 Å². The summed E-state index contributed by atoms with van der Waals surface area (Å²) in [6.45, 7) is 1.98. The first-order chi connectivity index (χ1) is 9.63. The first kappa shape index (κ1) is 12.6. The number of fused-ring (bicyclic) bond motifs is 1. The number of aryl methyl sites for hydroxylation is 1. The van der Waals surface area contributed by atoms with Crippen LogP contribution in [0.1, 0.15) is 15.9 Å². The Bertz CT molecular complexity index is 850. The van der Waals surface area contributed by atoms with E-state index < -0.39 is 0 Å². The zero-order valence-corrected chi connectivity index (χ0v) is 11.6. The molecule has 20 heavy (non-hydrogen) atoms. The molecule has 2 N–H and O–H groups in total. The summed E-state index contributed by atoms with van der Waals surface area (Å²) in [5.41, 5.74) is 3.07. The van der Waals surface area contributed by atoms with Crippen LogP contribution in [-0.4, -0.2) is 20.5 Å². The van der Waals surface area contributed by atoms with Gasteiger partial charge in [0, 0.05) is 11.9 Å². The molecule has 100 valence electrons. The van der Waals surface area contributed by atoms with Crippen LogP contribution < -0.4 is 5.32 Å². The molecule has 0 atom stereocenters. The lowest BCUT2D eigenvalue weighted by Gasteiger charge is -2.06. The lowest BCUT2D eigenvalue weighted by atomic mass is 10.2. The van der Waals surface area contributed by atoms with Gasteiger partial charge >= 0.3 is 0 Å². The number of benzene rings is 1. The van der Waals surface area contributed by atoms with Crippen molar-refractivity contribution in [2.24, 2.45) is 0 Å². The maximum atomic E-state index is 12.2. The molecule has 0 saturated heterocycles. The highest BCUT2D eigenvalue weighted by Crippen LogP contribution is 2.12. The lowest BCUT2D eigenvalue weighted by Crippen LogP contribution is -2.12. The van der Waals surface area contributed by atoms with E-state index in [9.17, 15) is 4.79 Å². The Kier molecular flexibility index (Phi) is 3.08. The van der Waals surface area contributed by atoms with Crippen molar-refractivity contribution in [1.82, 2.24) is 14.6 Å². The number of pyridine rings is 1. The molecule has 0 radical (unpaired) electrons. The number of amides is 1. The minimum absolute atomic E-state index is 0.180. The van der Waals surface area contributed by atoms with Crippen LogP contribution in [0, 0.1) is 11.7 Å². The quantitative estimate of drug-likeness (QED) is 0.711. The third-order valence-electron chi connectivity index (χ3n) is 2.95. The molecule has 1 aromatic carbocycles. The fourth-order valence-corrected chi connectivity index (χ4v) is 2.16. The van der Waals surface area contributed by atoms with Gasteiger partial charge in [-0.1, -0.05) is 12.1 Å². The summed E-state index contributed by atoms with van der Waals surface area (Å²) in [5, 5.41) is 9.57. The Labute approximate surface area is 120 Å². The molecule has 0 spiro atoms. The molecular formula is C14H12N4OS. The predicted octanol–water partition coefficient (Wildman–Crippen LogP) is 2.95. The molecule has 3 rings (SSSR count). The monoisotopic (exact) mass is 284 g/mol. The average Bonchev–Trinajstić information content (AvgIpc) is 2.80. The van der Waals surface area contributed by atoms with Crippen molar-refractivity contribution in [3.63, 3.8) is 0 Å². The van der Waals surface area contributed by atoms with Gasteiger partial charge in [0.25, 0.3) is 5.91 Å². The number of anilines is 1. The number of carbonyl (C=O) groups is 1. The first-order valence-corrected chi connectivity index (χ1v) is 6.49. The van der Waals surface area contributed by atoms with Crippen molar-refractivity contribution in [2.75, 3.05) is 5.32 Å². The first-order valence-electron chi connectivity index (χ1n) is 6.08. The van der Waals surface area contributed by atoms with Gasteiger partial charge in [-0.05, 0) is 49.0 Å². The molecular weight excluding hydrogens is 272 g/mol. The second-order valence-corrected chi connectivity index (χ2v) is 4.89. The zero-order chi connectivity index (χ0) is 14.1. The molecule has 0 unspecified atom stereocenters. The summed E-state index contributed by atoms with van der Waals surface area (Å²) in [6, 6.07) is 11.1. The Balaban J connectivity index is 1.92. The molecule has 3 aromatic rings. The van der Waals surface area contributed by atoms with Crippen LogP contribution in [0.15, 0.2) is 42.6 Å². The molecule has 0 bridgehead atoms. The van der Waals surface area contributed by atoms with Crippen molar-refractivity contribution in [1.29, 1.82) is 0 Å². The van der Waals surface area contributed by atoms with Crippen LogP contribution in [0.3, 0.4) is 0 Å². The van der Waals surface area contributed by atoms with Crippen LogP contribution in [0.5, 0.6) is 0 Å². The number of hydrogen-bond donors (Lipinski definition) is 2. The second kappa shape index (κ2) is 4.90. The number of nitrogens with one attached hydrogen (secondary N) is 2. The molecule has 6 heteroatoms. The summed E-state index contributed by atoms with van der Waals surface area (Å²) in [4.78, 5) is 12.2. The van der Waals surface area contributed by atoms with E-state index in [2.05, 4.69) is 15.5 Å². The predicted molar refractivity (Wildman–Crippen MR) is 79.5 cm³/mol.